The van der Waals surface area contributed by atoms with E-state index in [-0.39, 0.29) is 11.3 Å². The molecule has 0 aliphatic carbocycles. The smallest absolute Gasteiger partial charge is 0.302 e. The Hall–Kier alpha value is -4.73. The summed E-state index contributed by atoms with van der Waals surface area (Å²) < 4.78 is 38.1. The van der Waals surface area contributed by atoms with E-state index in [9.17, 15) is 60.3 Å². The number of aliphatic hydroxyl groups is 5. The van der Waals surface area contributed by atoms with E-state index in [1.807, 2.05) is 0 Å². The van der Waals surface area contributed by atoms with Crippen LogP contribution in [0.3, 0.4) is 0 Å². The molecule has 19 nitrogen and oxygen atoms in total. The van der Waals surface area contributed by atoms with E-state index in [1.165, 1.54) is 6.07 Å². The third-order valence-electron chi connectivity index (χ3n) is 7.93. The number of ether oxygens (including phenoxy) is 6. The van der Waals surface area contributed by atoms with E-state index >= 15 is 0 Å². The molecule has 9 N–H and O–H groups in total. The number of phenolic OH excluding ortho intramolecular Hbond substituents is 4. The second-order valence-corrected chi connectivity index (χ2v) is 11.5. The average Bonchev–Trinajstić information content (AvgIpc) is 3.06. The normalized spacial score (nSPS) is 29.7. The molecular weight excluding hydrogens is 676 g/mol. The molecule has 2 fully saturated rings. The van der Waals surface area contributed by atoms with Crippen molar-refractivity contribution >= 4 is 22.9 Å². The maximum Gasteiger partial charge on any atom is 0.302 e. The number of fused-ring (bicyclic) bond motifs is 1. The van der Waals surface area contributed by atoms with Crippen LogP contribution in [0.5, 0.6) is 28.7 Å². The van der Waals surface area contributed by atoms with Crippen LogP contribution in [0, 0.1) is 0 Å². The molecule has 2 saturated heterocycles. The molecule has 1 aromatic heterocycles. The van der Waals surface area contributed by atoms with Gasteiger partial charge in [-0.05, 0) is 18.2 Å². The first-order chi connectivity index (χ1) is 23.6. The van der Waals surface area contributed by atoms with Gasteiger partial charge >= 0.3 is 11.9 Å². The summed E-state index contributed by atoms with van der Waals surface area (Å²) in [6.07, 6.45) is -18.2. The second-order valence-electron chi connectivity index (χ2n) is 11.5. The maximum absolute atomic E-state index is 13.0. The summed E-state index contributed by atoms with van der Waals surface area (Å²) in [7, 11) is 0. The number of carbonyl (C=O) groups excluding carboxylic acids is 2. The van der Waals surface area contributed by atoms with E-state index in [0.717, 1.165) is 38.1 Å². The molecule has 0 saturated carbocycles. The van der Waals surface area contributed by atoms with Crippen molar-refractivity contribution in [3.63, 3.8) is 0 Å². The lowest BCUT2D eigenvalue weighted by molar-refractivity contribution is -0.358. The van der Waals surface area contributed by atoms with Gasteiger partial charge in [-0.15, -0.1) is 0 Å². The highest BCUT2D eigenvalue weighted by molar-refractivity contribution is 5.91. The Morgan fingerprint density at radius 1 is 0.720 bits per heavy atom. The molecule has 3 heterocycles. The molecule has 272 valence electrons. The van der Waals surface area contributed by atoms with Gasteiger partial charge < -0.3 is 78.8 Å². The summed E-state index contributed by atoms with van der Waals surface area (Å²) in [6.45, 7) is 0.934. The first-order valence-corrected chi connectivity index (χ1v) is 14.9. The number of hydrogen-bond donors (Lipinski definition) is 9. The van der Waals surface area contributed by atoms with Crippen LogP contribution < -0.4 is 10.2 Å². The number of carbonyl (C=O) groups is 2. The standard InChI is InChI=1S/C31H34O19/c1-10(32)44-8-19-22(38)25(41)27(43)30(48-19)50-29-26(42)23(39)20(9-45-11(2)33)49-31(29)47-18-7-16(37)21-15(36)6-17(46-28(21)24(18)40)12-3-4-13(34)14(35)5-12/h3-7,19-20,22-23,25-27,29-31,34-35,37-43H,8-9H2,1-2H3. The van der Waals surface area contributed by atoms with Crippen LogP contribution >= 0.6 is 0 Å². The van der Waals surface area contributed by atoms with E-state index in [4.69, 9.17) is 32.8 Å². The number of benzene rings is 2. The maximum atomic E-state index is 13.0. The molecule has 0 amide bonds. The minimum atomic E-state index is -2.00. The van der Waals surface area contributed by atoms with Crippen LogP contribution in [0.25, 0.3) is 22.3 Å². The zero-order chi connectivity index (χ0) is 36.6. The topological polar surface area (TPSA) is 302 Å². The zero-order valence-corrected chi connectivity index (χ0v) is 26.2. The fraction of sp³-hybridized carbons (Fsp3) is 0.452. The molecule has 10 unspecified atom stereocenters. The van der Waals surface area contributed by atoms with Gasteiger partial charge in [0.15, 0.2) is 40.7 Å². The molecule has 0 bridgehead atoms. The fourth-order valence-corrected chi connectivity index (χ4v) is 5.32. The highest BCUT2D eigenvalue weighted by Gasteiger charge is 2.52. The van der Waals surface area contributed by atoms with Crippen molar-refractivity contribution in [3.8, 4) is 40.1 Å². The Kier molecular flexibility index (Phi) is 10.7. The summed E-state index contributed by atoms with van der Waals surface area (Å²) in [5.74, 6) is -5.07. The minimum Gasteiger partial charge on any atom is -0.507 e. The summed E-state index contributed by atoms with van der Waals surface area (Å²) >= 11 is 0. The molecular formula is C31H34O19. The largest absolute Gasteiger partial charge is 0.507 e. The molecule has 5 rings (SSSR count). The molecule has 10 atom stereocenters. The molecule has 50 heavy (non-hydrogen) atoms. The van der Waals surface area contributed by atoms with E-state index in [1.54, 1.807) is 0 Å². The lowest BCUT2D eigenvalue weighted by atomic mass is 9.97. The van der Waals surface area contributed by atoms with Crippen molar-refractivity contribution in [2.24, 2.45) is 0 Å². The van der Waals surface area contributed by atoms with Crippen molar-refractivity contribution in [3.05, 3.63) is 40.6 Å². The number of hydrogen-bond acceptors (Lipinski definition) is 19. The van der Waals surface area contributed by atoms with E-state index in [0.29, 0.717) is 0 Å². The van der Waals surface area contributed by atoms with Gasteiger partial charge in [-0.3, -0.25) is 14.4 Å². The number of rotatable bonds is 9. The Morgan fingerprint density at radius 2 is 1.32 bits per heavy atom. The van der Waals surface area contributed by atoms with Gasteiger partial charge in [0, 0.05) is 31.5 Å². The average molecular weight is 711 g/mol. The van der Waals surface area contributed by atoms with E-state index in [2.05, 4.69) is 0 Å². The molecule has 2 aromatic carbocycles. The van der Waals surface area contributed by atoms with Gasteiger partial charge in [-0.1, -0.05) is 0 Å². The molecule has 0 spiro atoms. The van der Waals surface area contributed by atoms with Crippen LogP contribution in [-0.2, 0) is 33.3 Å². The number of phenols is 4. The number of aromatic hydroxyl groups is 4. The molecule has 19 heteroatoms. The Balaban J connectivity index is 1.51. The lowest BCUT2D eigenvalue weighted by Gasteiger charge is -2.46. The SMILES string of the molecule is CC(=O)OCC1OC(OC2C(Oc3cc(O)c4c(=O)cc(-c5ccc(O)c(O)c5)oc4c3O)OC(COC(C)=O)C(O)C2O)C(O)C(O)C1O. The van der Waals surface area contributed by atoms with Crippen LogP contribution in [0.2, 0.25) is 0 Å². The highest BCUT2D eigenvalue weighted by Crippen LogP contribution is 2.42. The van der Waals surface area contributed by atoms with Crippen molar-refractivity contribution in [2.45, 2.75) is 75.3 Å². The molecule has 3 aromatic rings. The predicted molar refractivity (Wildman–Crippen MR) is 161 cm³/mol. The van der Waals surface area contributed by atoms with Gasteiger partial charge in [0.1, 0.15) is 72.8 Å². The monoisotopic (exact) mass is 710 g/mol. The van der Waals surface area contributed by atoms with Gasteiger partial charge in [-0.25, -0.2) is 0 Å². The van der Waals surface area contributed by atoms with Crippen molar-refractivity contribution in [1.29, 1.82) is 0 Å². The summed E-state index contributed by atoms with van der Waals surface area (Å²) in [5.41, 5.74) is -1.36. The Bertz CT molecular complexity index is 1790. The Morgan fingerprint density at radius 3 is 1.92 bits per heavy atom. The van der Waals surface area contributed by atoms with Crippen LogP contribution in [0.1, 0.15) is 13.8 Å². The van der Waals surface area contributed by atoms with Crippen LogP contribution in [0.4, 0.5) is 0 Å². The van der Waals surface area contributed by atoms with Crippen molar-refractivity contribution < 1.29 is 88.4 Å². The molecule has 0 radical (unpaired) electrons. The number of aliphatic hydroxyl groups excluding tert-OH is 5. The zero-order valence-electron chi connectivity index (χ0n) is 26.2. The quantitative estimate of drug-likeness (QED) is 0.0688. The highest BCUT2D eigenvalue weighted by atomic mass is 16.8. The third-order valence-corrected chi connectivity index (χ3v) is 7.93. The van der Waals surface area contributed by atoms with E-state index < -0.39 is 132 Å². The van der Waals surface area contributed by atoms with Gasteiger partial charge in [0.05, 0.1) is 0 Å². The second kappa shape index (κ2) is 14.6. The Labute approximate surface area is 280 Å². The molecule has 2 aliphatic heterocycles. The lowest BCUT2D eigenvalue weighted by Crippen LogP contribution is -2.65. The fourth-order valence-electron chi connectivity index (χ4n) is 5.32. The predicted octanol–water partition coefficient (Wildman–Crippen LogP) is -1.57. The first kappa shape index (κ1) is 36.5. The number of esters is 2. The molecule has 2 aliphatic rings. The van der Waals surface area contributed by atoms with Gasteiger partial charge in [-0.2, -0.15) is 0 Å². The first-order valence-electron chi connectivity index (χ1n) is 14.9. The summed E-state index contributed by atoms with van der Waals surface area (Å²) in [4.78, 5) is 35.8. The van der Waals surface area contributed by atoms with Crippen molar-refractivity contribution in [1.82, 2.24) is 0 Å². The van der Waals surface area contributed by atoms with Crippen LogP contribution in [0.15, 0.2) is 39.5 Å². The van der Waals surface area contributed by atoms with Crippen molar-refractivity contribution in [2.75, 3.05) is 13.2 Å². The summed E-state index contributed by atoms with van der Waals surface area (Å²) in [6, 6.07) is 5.22. The summed E-state index contributed by atoms with van der Waals surface area (Å²) in [5, 5.41) is 94.4. The van der Waals surface area contributed by atoms with Gasteiger partial charge in [0.25, 0.3) is 0 Å². The third kappa shape index (κ3) is 7.39. The van der Waals surface area contributed by atoms with Crippen LogP contribution in [-0.4, -0.2) is 133 Å². The van der Waals surface area contributed by atoms with Gasteiger partial charge in [0.2, 0.25) is 12.0 Å². The minimum absolute atomic E-state index is 0.0874.